The third-order valence-electron chi connectivity index (χ3n) is 1.93. The van der Waals surface area contributed by atoms with Crippen LogP contribution in [0.3, 0.4) is 0 Å². The van der Waals surface area contributed by atoms with Gasteiger partial charge in [-0.2, -0.15) is 0 Å². The monoisotopic (exact) mass is 196 g/mol. The van der Waals surface area contributed by atoms with E-state index in [0.717, 1.165) is 0 Å². The predicted octanol–water partition coefficient (Wildman–Crippen LogP) is 2.75. The molecule has 0 aromatic heterocycles. The lowest BCUT2D eigenvalue weighted by molar-refractivity contribution is -0.110. The van der Waals surface area contributed by atoms with Gasteiger partial charge < -0.3 is 9.53 Å². The average molecular weight is 196 g/mol. The van der Waals surface area contributed by atoms with Gasteiger partial charge in [0, 0.05) is 7.11 Å². The zero-order valence-corrected chi connectivity index (χ0v) is 9.32. The summed E-state index contributed by atoms with van der Waals surface area (Å²) in [5.41, 5.74) is 1.50. The minimum Gasteiger partial charge on any atom is -0.377 e. The van der Waals surface area contributed by atoms with Crippen LogP contribution < -0.4 is 0 Å². The molecule has 0 fully saturated rings. The van der Waals surface area contributed by atoms with E-state index in [1.54, 1.807) is 0 Å². The topological polar surface area (TPSA) is 26.3 Å². The van der Waals surface area contributed by atoms with Crippen molar-refractivity contribution < 1.29 is 9.53 Å². The van der Waals surface area contributed by atoms with E-state index in [-0.39, 0.29) is 6.61 Å². The molecule has 14 heavy (non-hydrogen) atoms. The number of allylic oxidation sites excluding steroid dienone is 4. The molecule has 0 bridgehead atoms. The molecule has 0 saturated heterocycles. The quantitative estimate of drug-likeness (QED) is 0.649. The summed E-state index contributed by atoms with van der Waals surface area (Å²) in [7, 11) is 1.48. The van der Waals surface area contributed by atoms with E-state index in [1.165, 1.54) is 25.5 Å². The van der Waals surface area contributed by atoms with Crippen LogP contribution in [0, 0.1) is 5.92 Å². The number of ether oxygens (including phenoxy) is 1. The first-order valence-corrected chi connectivity index (χ1v) is 5.01. The van der Waals surface area contributed by atoms with Gasteiger partial charge in [-0.05, 0) is 24.3 Å². The summed E-state index contributed by atoms with van der Waals surface area (Å²) in [5, 5.41) is 0. The minimum atomic E-state index is 0.208. The highest BCUT2D eigenvalue weighted by atomic mass is 16.5. The summed E-state index contributed by atoms with van der Waals surface area (Å²) >= 11 is 0. The summed E-state index contributed by atoms with van der Waals surface area (Å²) in [6, 6.07) is 0. The van der Waals surface area contributed by atoms with Gasteiger partial charge in [-0.3, -0.25) is 0 Å². The second-order valence-electron chi connectivity index (χ2n) is 3.46. The van der Waals surface area contributed by atoms with Gasteiger partial charge in [0.1, 0.15) is 12.9 Å². The molecule has 0 aromatic carbocycles. The lowest BCUT2D eigenvalue weighted by atomic mass is 9.97. The largest absolute Gasteiger partial charge is 0.377 e. The molecule has 80 valence electrons. The van der Waals surface area contributed by atoms with Crippen molar-refractivity contribution in [2.75, 3.05) is 13.7 Å². The van der Waals surface area contributed by atoms with Crippen molar-refractivity contribution in [3.63, 3.8) is 0 Å². The molecule has 2 heteroatoms. The number of hydrogen-bond acceptors (Lipinski definition) is 2. The summed E-state index contributed by atoms with van der Waals surface area (Å²) < 4.78 is 4.32. The van der Waals surface area contributed by atoms with Crippen molar-refractivity contribution in [3.05, 3.63) is 23.8 Å². The summed E-state index contributed by atoms with van der Waals surface area (Å²) in [5.74, 6) is 0.710. The van der Waals surface area contributed by atoms with Crippen molar-refractivity contribution in [2.45, 2.75) is 26.7 Å². The summed E-state index contributed by atoms with van der Waals surface area (Å²) in [6.45, 7) is 4.68. The lowest BCUT2D eigenvalue weighted by Crippen LogP contribution is -1.92. The minimum absolute atomic E-state index is 0.208. The molecule has 1 rings (SSSR count). The van der Waals surface area contributed by atoms with Crippen molar-refractivity contribution in [2.24, 2.45) is 5.92 Å². The van der Waals surface area contributed by atoms with Crippen molar-refractivity contribution in [3.8, 4) is 0 Å². The fraction of sp³-hybridized carbons (Fsp3) is 0.583. The molecular formula is C12H20O2. The van der Waals surface area contributed by atoms with Crippen LogP contribution in [0.5, 0.6) is 0 Å². The van der Waals surface area contributed by atoms with Crippen molar-refractivity contribution in [1.29, 1.82) is 0 Å². The number of carbonyl (C=O) groups excluding carboxylic acids is 1. The molecule has 0 aromatic rings. The molecule has 0 N–H and O–H groups in total. The lowest BCUT2D eigenvalue weighted by Gasteiger charge is -2.08. The van der Waals surface area contributed by atoms with Crippen LogP contribution in [0.15, 0.2) is 23.8 Å². The molecule has 0 radical (unpaired) electrons. The molecule has 0 amide bonds. The fourth-order valence-electron chi connectivity index (χ4n) is 1.13. The SMILES string of the molecule is CC(C)C1=CCCC=C1.COCC=O. The van der Waals surface area contributed by atoms with E-state index in [9.17, 15) is 4.79 Å². The molecule has 0 saturated carbocycles. The molecule has 1 aliphatic rings. The number of hydrogen-bond donors (Lipinski definition) is 0. The number of methoxy groups -OCH3 is 1. The summed E-state index contributed by atoms with van der Waals surface area (Å²) in [6.07, 6.45) is 10.0. The van der Waals surface area contributed by atoms with Crippen LogP contribution in [0.1, 0.15) is 26.7 Å². The Labute approximate surface area is 86.6 Å². The van der Waals surface area contributed by atoms with Crippen molar-refractivity contribution >= 4 is 6.29 Å². The molecule has 0 spiro atoms. The van der Waals surface area contributed by atoms with Gasteiger partial charge in [-0.1, -0.05) is 32.1 Å². The maximum atomic E-state index is 9.28. The van der Waals surface area contributed by atoms with Gasteiger partial charge in [0.05, 0.1) is 0 Å². The number of rotatable bonds is 3. The van der Waals surface area contributed by atoms with Crippen LogP contribution in [0.4, 0.5) is 0 Å². The Kier molecular flexibility index (Phi) is 8.14. The smallest absolute Gasteiger partial charge is 0.145 e. The van der Waals surface area contributed by atoms with Gasteiger partial charge in [-0.25, -0.2) is 0 Å². The predicted molar refractivity (Wildman–Crippen MR) is 59.2 cm³/mol. The zero-order valence-electron chi connectivity index (χ0n) is 9.32. The standard InChI is InChI=1S/C9H14.C3H6O2/c1-8(2)9-6-4-3-5-7-9;1-5-3-2-4/h4,6-8H,3,5H2,1-2H3;2H,3H2,1H3. The van der Waals surface area contributed by atoms with E-state index in [2.05, 4.69) is 36.8 Å². The first kappa shape index (κ1) is 13.1. The first-order valence-electron chi connectivity index (χ1n) is 5.01. The fourth-order valence-corrected chi connectivity index (χ4v) is 1.13. The van der Waals surface area contributed by atoms with E-state index >= 15 is 0 Å². The Balaban J connectivity index is 0.000000292. The van der Waals surface area contributed by atoms with Gasteiger partial charge in [0.25, 0.3) is 0 Å². The van der Waals surface area contributed by atoms with Crippen LogP contribution in [-0.2, 0) is 9.53 Å². The van der Waals surface area contributed by atoms with Gasteiger partial charge in [-0.15, -0.1) is 0 Å². The normalized spacial score (nSPS) is 14.4. The maximum Gasteiger partial charge on any atom is 0.145 e. The molecule has 0 heterocycles. The van der Waals surface area contributed by atoms with E-state index in [1.807, 2.05) is 0 Å². The van der Waals surface area contributed by atoms with Crippen LogP contribution in [-0.4, -0.2) is 20.0 Å². The van der Waals surface area contributed by atoms with Crippen molar-refractivity contribution in [1.82, 2.24) is 0 Å². The summed E-state index contributed by atoms with van der Waals surface area (Å²) in [4.78, 5) is 9.28. The Morgan fingerprint density at radius 1 is 1.50 bits per heavy atom. The Bertz CT molecular complexity index is 202. The van der Waals surface area contributed by atoms with Crippen LogP contribution >= 0.6 is 0 Å². The van der Waals surface area contributed by atoms with E-state index < -0.39 is 0 Å². The molecule has 1 aliphatic carbocycles. The molecule has 2 nitrogen and oxygen atoms in total. The second kappa shape index (κ2) is 8.70. The highest BCUT2D eigenvalue weighted by Gasteiger charge is 1.99. The Hall–Kier alpha value is -0.890. The molecule has 0 atom stereocenters. The zero-order chi connectivity index (χ0) is 10.8. The number of carbonyl (C=O) groups is 1. The third kappa shape index (κ3) is 6.61. The maximum absolute atomic E-state index is 9.28. The van der Waals surface area contributed by atoms with E-state index in [4.69, 9.17) is 0 Å². The average Bonchev–Trinajstić information content (AvgIpc) is 2.21. The highest BCUT2D eigenvalue weighted by molar-refractivity contribution is 5.50. The van der Waals surface area contributed by atoms with Crippen LogP contribution in [0.2, 0.25) is 0 Å². The molecule has 0 unspecified atom stereocenters. The molecule has 0 aliphatic heterocycles. The highest BCUT2D eigenvalue weighted by Crippen LogP contribution is 2.16. The van der Waals surface area contributed by atoms with Gasteiger partial charge in [0.15, 0.2) is 0 Å². The molecular weight excluding hydrogens is 176 g/mol. The Morgan fingerprint density at radius 2 is 2.21 bits per heavy atom. The van der Waals surface area contributed by atoms with Crippen LogP contribution in [0.25, 0.3) is 0 Å². The third-order valence-corrected chi connectivity index (χ3v) is 1.93. The number of aldehydes is 1. The second-order valence-corrected chi connectivity index (χ2v) is 3.46. The van der Waals surface area contributed by atoms with Gasteiger partial charge >= 0.3 is 0 Å². The Morgan fingerprint density at radius 3 is 2.43 bits per heavy atom. The van der Waals surface area contributed by atoms with E-state index in [0.29, 0.717) is 12.2 Å². The first-order chi connectivity index (χ1) is 6.72. The van der Waals surface area contributed by atoms with Gasteiger partial charge in [0.2, 0.25) is 0 Å².